The topological polar surface area (TPSA) is 35.8 Å². The van der Waals surface area contributed by atoms with E-state index >= 15 is 0 Å². The first kappa shape index (κ1) is 13.4. The van der Waals surface area contributed by atoms with Crippen LogP contribution in [0.4, 0.5) is 4.39 Å². The second kappa shape index (κ2) is 6.77. The number of rotatable bonds is 4. The number of hydrogen-bond acceptors (Lipinski definition) is 3. The van der Waals surface area contributed by atoms with Crippen molar-refractivity contribution in [3.8, 4) is 6.07 Å². The van der Waals surface area contributed by atoms with Gasteiger partial charge in [0.05, 0.1) is 5.56 Å². The smallest absolute Gasteiger partial charge is 0.140 e. The van der Waals surface area contributed by atoms with Gasteiger partial charge >= 0.3 is 0 Å². The Bertz CT molecular complexity index is 436. The van der Waals surface area contributed by atoms with E-state index in [9.17, 15) is 4.39 Å². The van der Waals surface area contributed by atoms with Crippen LogP contribution in [0.3, 0.4) is 0 Å². The highest BCUT2D eigenvalue weighted by atomic mass is 32.2. The van der Waals surface area contributed by atoms with E-state index in [1.165, 1.54) is 31.1 Å². The molecule has 1 aliphatic rings. The van der Waals surface area contributed by atoms with Gasteiger partial charge in [0.2, 0.25) is 0 Å². The van der Waals surface area contributed by atoms with Gasteiger partial charge in [-0.1, -0.05) is 12.5 Å². The monoisotopic (exact) mass is 264 g/mol. The lowest BCUT2D eigenvalue weighted by atomic mass is 10.1. The van der Waals surface area contributed by atoms with Gasteiger partial charge in [0, 0.05) is 18.3 Å². The predicted octanol–water partition coefficient (Wildman–Crippen LogP) is 3.07. The molecule has 18 heavy (non-hydrogen) atoms. The summed E-state index contributed by atoms with van der Waals surface area (Å²) in [5, 5.41) is 12.9. The SMILES string of the molecule is N#Cc1cc(CNCC2CCCCS2)ccc1F. The van der Waals surface area contributed by atoms with E-state index in [0.717, 1.165) is 12.1 Å². The van der Waals surface area contributed by atoms with E-state index in [0.29, 0.717) is 11.8 Å². The fourth-order valence-electron chi connectivity index (χ4n) is 2.11. The van der Waals surface area contributed by atoms with Crippen LogP contribution >= 0.6 is 11.8 Å². The molecule has 0 aliphatic carbocycles. The Balaban J connectivity index is 1.81. The standard InChI is InChI=1S/C14H17FN2S/c15-14-5-4-11(7-12(14)8-16)9-17-10-13-3-1-2-6-18-13/h4-5,7,13,17H,1-3,6,9-10H2. The minimum Gasteiger partial charge on any atom is -0.312 e. The molecule has 1 aliphatic heterocycles. The second-order valence-corrected chi connectivity index (χ2v) is 5.95. The number of thioether (sulfide) groups is 1. The van der Waals surface area contributed by atoms with E-state index in [2.05, 4.69) is 5.32 Å². The van der Waals surface area contributed by atoms with Crippen molar-refractivity contribution >= 4 is 11.8 Å². The third-order valence-corrected chi connectivity index (χ3v) is 4.52. The van der Waals surface area contributed by atoms with Gasteiger partial charge in [0.25, 0.3) is 0 Å². The summed E-state index contributed by atoms with van der Waals surface area (Å²) >= 11 is 2.03. The van der Waals surface area contributed by atoms with Crippen LogP contribution in [-0.2, 0) is 6.54 Å². The number of benzene rings is 1. The zero-order chi connectivity index (χ0) is 12.8. The van der Waals surface area contributed by atoms with Crippen LogP contribution < -0.4 is 5.32 Å². The van der Waals surface area contributed by atoms with Crippen molar-refractivity contribution in [2.24, 2.45) is 0 Å². The molecule has 1 fully saturated rings. The molecule has 1 aromatic rings. The highest BCUT2D eigenvalue weighted by Crippen LogP contribution is 2.24. The molecule has 2 rings (SSSR count). The van der Waals surface area contributed by atoms with Crippen molar-refractivity contribution in [1.29, 1.82) is 5.26 Å². The number of nitriles is 1. The highest BCUT2D eigenvalue weighted by molar-refractivity contribution is 7.99. The van der Waals surface area contributed by atoms with Crippen molar-refractivity contribution in [3.63, 3.8) is 0 Å². The molecule has 0 radical (unpaired) electrons. The van der Waals surface area contributed by atoms with E-state index in [1.54, 1.807) is 12.1 Å². The molecule has 0 saturated carbocycles. The van der Waals surface area contributed by atoms with Crippen LogP contribution in [0.15, 0.2) is 18.2 Å². The Hall–Kier alpha value is -1.05. The first-order chi connectivity index (χ1) is 8.79. The molecule has 4 heteroatoms. The molecule has 0 spiro atoms. The second-order valence-electron chi connectivity index (χ2n) is 4.55. The molecule has 2 nitrogen and oxygen atoms in total. The summed E-state index contributed by atoms with van der Waals surface area (Å²) in [6.45, 7) is 1.69. The molecule has 0 amide bonds. The molecule has 1 unspecified atom stereocenters. The molecule has 1 N–H and O–H groups in total. The van der Waals surface area contributed by atoms with E-state index in [1.807, 2.05) is 17.8 Å². The maximum atomic E-state index is 13.1. The Morgan fingerprint density at radius 1 is 1.44 bits per heavy atom. The maximum Gasteiger partial charge on any atom is 0.140 e. The number of hydrogen-bond donors (Lipinski definition) is 1. The Labute approximate surface area is 112 Å². The summed E-state index contributed by atoms with van der Waals surface area (Å²) in [5.74, 6) is 0.825. The lowest BCUT2D eigenvalue weighted by molar-refractivity contribution is 0.595. The molecule has 0 bridgehead atoms. The number of halogens is 1. The van der Waals surface area contributed by atoms with Crippen molar-refractivity contribution in [2.45, 2.75) is 31.1 Å². The predicted molar refractivity (Wildman–Crippen MR) is 72.9 cm³/mol. The molecular weight excluding hydrogens is 247 g/mol. The Kier molecular flexibility index (Phi) is 5.03. The van der Waals surface area contributed by atoms with Crippen LogP contribution in [0.1, 0.15) is 30.4 Å². The van der Waals surface area contributed by atoms with Gasteiger partial charge in [-0.2, -0.15) is 17.0 Å². The Morgan fingerprint density at radius 2 is 2.33 bits per heavy atom. The summed E-state index contributed by atoms with van der Waals surface area (Å²) in [4.78, 5) is 0. The van der Waals surface area contributed by atoms with Gasteiger partial charge in [-0.25, -0.2) is 4.39 Å². The average Bonchev–Trinajstić information content (AvgIpc) is 2.42. The molecular formula is C14H17FN2S. The summed E-state index contributed by atoms with van der Waals surface area (Å²) in [6.07, 6.45) is 3.95. The number of nitrogens with zero attached hydrogens (tertiary/aromatic N) is 1. The third-order valence-electron chi connectivity index (χ3n) is 3.13. The first-order valence-corrected chi connectivity index (χ1v) is 7.35. The van der Waals surface area contributed by atoms with E-state index in [4.69, 9.17) is 5.26 Å². The van der Waals surface area contributed by atoms with Gasteiger partial charge in [0.15, 0.2) is 0 Å². The minimum absolute atomic E-state index is 0.126. The zero-order valence-corrected chi connectivity index (χ0v) is 11.1. The Morgan fingerprint density at radius 3 is 3.06 bits per heavy atom. The van der Waals surface area contributed by atoms with Crippen LogP contribution in [0.25, 0.3) is 0 Å². The quantitative estimate of drug-likeness (QED) is 0.908. The summed E-state index contributed by atoms with van der Waals surface area (Å²) in [6, 6.07) is 6.59. The lowest BCUT2D eigenvalue weighted by Crippen LogP contribution is -2.26. The van der Waals surface area contributed by atoms with Crippen LogP contribution in [-0.4, -0.2) is 17.5 Å². The molecule has 0 aromatic heterocycles. The first-order valence-electron chi connectivity index (χ1n) is 6.30. The van der Waals surface area contributed by atoms with E-state index in [-0.39, 0.29) is 5.56 Å². The van der Waals surface area contributed by atoms with Gasteiger partial charge in [-0.15, -0.1) is 0 Å². The minimum atomic E-state index is -0.441. The maximum absolute atomic E-state index is 13.1. The van der Waals surface area contributed by atoms with Crippen LogP contribution in [0.2, 0.25) is 0 Å². The molecule has 1 atom stereocenters. The van der Waals surface area contributed by atoms with Gasteiger partial charge in [-0.05, 0) is 36.3 Å². The van der Waals surface area contributed by atoms with Gasteiger partial charge in [-0.3, -0.25) is 0 Å². The summed E-state index contributed by atoms with van der Waals surface area (Å²) in [5.41, 5.74) is 1.09. The van der Waals surface area contributed by atoms with Crippen molar-refractivity contribution < 1.29 is 4.39 Å². The van der Waals surface area contributed by atoms with E-state index < -0.39 is 5.82 Å². The van der Waals surface area contributed by atoms with Crippen molar-refractivity contribution in [1.82, 2.24) is 5.32 Å². The molecule has 1 aromatic carbocycles. The van der Waals surface area contributed by atoms with Crippen LogP contribution in [0.5, 0.6) is 0 Å². The summed E-state index contributed by atoms with van der Waals surface area (Å²) < 4.78 is 13.1. The van der Waals surface area contributed by atoms with Gasteiger partial charge < -0.3 is 5.32 Å². The molecule has 96 valence electrons. The average molecular weight is 264 g/mol. The molecule has 1 saturated heterocycles. The van der Waals surface area contributed by atoms with Crippen molar-refractivity contribution in [2.75, 3.05) is 12.3 Å². The van der Waals surface area contributed by atoms with Crippen LogP contribution in [0, 0.1) is 17.1 Å². The normalized spacial score (nSPS) is 19.4. The fourth-order valence-corrected chi connectivity index (χ4v) is 3.39. The van der Waals surface area contributed by atoms with Gasteiger partial charge in [0.1, 0.15) is 11.9 Å². The zero-order valence-electron chi connectivity index (χ0n) is 10.3. The summed E-state index contributed by atoms with van der Waals surface area (Å²) in [7, 11) is 0. The van der Waals surface area contributed by atoms with Crippen molar-refractivity contribution in [3.05, 3.63) is 35.1 Å². The lowest BCUT2D eigenvalue weighted by Gasteiger charge is -2.21. The molecule has 1 heterocycles. The number of nitrogens with one attached hydrogen (secondary N) is 1. The fraction of sp³-hybridized carbons (Fsp3) is 0.500. The largest absolute Gasteiger partial charge is 0.312 e. The third kappa shape index (κ3) is 3.72. The highest BCUT2D eigenvalue weighted by Gasteiger charge is 2.13.